The molecule has 1 fully saturated rings. The van der Waals surface area contributed by atoms with Crippen molar-refractivity contribution in [3.8, 4) is 0 Å². The van der Waals surface area contributed by atoms with Crippen molar-refractivity contribution >= 4 is 29.1 Å². The van der Waals surface area contributed by atoms with E-state index in [1.54, 1.807) is 16.2 Å². The third-order valence-electron chi connectivity index (χ3n) is 4.83. The van der Waals surface area contributed by atoms with Crippen LogP contribution in [0.5, 0.6) is 0 Å². The highest BCUT2D eigenvalue weighted by Gasteiger charge is 2.29. The molecule has 0 spiro atoms. The Morgan fingerprint density at radius 2 is 1.86 bits per heavy atom. The lowest BCUT2D eigenvalue weighted by Gasteiger charge is -2.31. The number of ether oxygens (including phenoxy) is 1. The van der Waals surface area contributed by atoms with E-state index in [1.807, 2.05) is 17.5 Å². The van der Waals surface area contributed by atoms with Crippen LogP contribution >= 0.6 is 11.3 Å². The van der Waals surface area contributed by atoms with Gasteiger partial charge in [0.05, 0.1) is 5.92 Å². The molecule has 1 N–H and O–H groups in total. The standard InChI is InChI=1S/C21H23FN2O4S/c22-17-5-3-15(4-6-17)20(26)24-11-8-16(9-12-24)21(27)28-14-19(25)23-10-7-18-2-1-13-29-18/h1-6,13,16H,7-12,14H2,(H,23,25). The van der Waals surface area contributed by atoms with Crippen molar-refractivity contribution in [3.63, 3.8) is 0 Å². The molecule has 1 aliphatic heterocycles. The molecule has 2 heterocycles. The maximum Gasteiger partial charge on any atom is 0.309 e. The van der Waals surface area contributed by atoms with Gasteiger partial charge < -0.3 is 15.0 Å². The molecule has 1 aromatic heterocycles. The number of nitrogens with one attached hydrogen (secondary N) is 1. The smallest absolute Gasteiger partial charge is 0.309 e. The maximum absolute atomic E-state index is 13.0. The SMILES string of the molecule is O=C(COC(=O)C1CCN(C(=O)c2ccc(F)cc2)CC1)NCCc1cccs1. The third-order valence-corrected chi connectivity index (χ3v) is 5.76. The van der Waals surface area contributed by atoms with E-state index in [9.17, 15) is 18.8 Å². The Kier molecular flexibility index (Phi) is 7.35. The van der Waals surface area contributed by atoms with E-state index in [4.69, 9.17) is 4.74 Å². The van der Waals surface area contributed by atoms with Crippen LogP contribution in [-0.2, 0) is 20.7 Å². The Morgan fingerprint density at radius 1 is 1.14 bits per heavy atom. The molecule has 1 aromatic carbocycles. The summed E-state index contributed by atoms with van der Waals surface area (Å²) in [6, 6.07) is 9.38. The Hall–Kier alpha value is -2.74. The molecule has 0 aliphatic carbocycles. The van der Waals surface area contributed by atoms with E-state index in [0.717, 1.165) is 6.42 Å². The molecule has 8 heteroatoms. The van der Waals surface area contributed by atoms with Crippen LogP contribution in [0.3, 0.4) is 0 Å². The van der Waals surface area contributed by atoms with Crippen LogP contribution in [-0.4, -0.2) is 48.9 Å². The molecular weight excluding hydrogens is 395 g/mol. The van der Waals surface area contributed by atoms with Crippen LogP contribution in [0.4, 0.5) is 4.39 Å². The van der Waals surface area contributed by atoms with Crippen molar-refractivity contribution in [2.75, 3.05) is 26.2 Å². The first-order chi connectivity index (χ1) is 14.0. The first-order valence-electron chi connectivity index (χ1n) is 9.53. The van der Waals surface area contributed by atoms with Gasteiger partial charge in [0, 0.05) is 30.1 Å². The Balaban J connectivity index is 1.35. The summed E-state index contributed by atoms with van der Waals surface area (Å²) < 4.78 is 18.1. The molecule has 3 rings (SSSR count). The topological polar surface area (TPSA) is 75.7 Å². The number of halogens is 1. The Labute approximate surface area is 172 Å². The minimum absolute atomic E-state index is 0.179. The highest BCUT2D eigenvalue weighted by Crippen LogP contribution is 2.20. The molecule has 0 saturated carbocycles. The molecule has 29 heavy (non-hydrogen) atoms. The summed E-state index contributed by atoms with van der Waals surface area (Å²) in [4.78, 5) is 39.3. The fourth-order valence-electron chi connectivity index (χ4n) is 3.18. The predicted molar refractivity (Wildman–Crippen MR) is 107 cm³/mol. The van der Waals surface area contributed by atoms with Crippen molar-refractivity contribution in [3.05, 3.63) is 58.0 Å². The normalized spacial score (nSPS) is 14.4. The number of thiophene rings is 1. The summed E-state index contributed by atoms with van der Waals surface area (Å²) in [6.45, 7) is 1.05. The highest BCUT2D eigenvalue weighted by molar-refractivity contribution is 7.09. The van der Waals surface area contributed by atoms with E-state index in [-0.39, 0.29) is 24.3 Å². The van der Waals surface area contributed by atoms with Gasteiger partial charge >= 0.3 is 5.97 Å². The number of likely N-dealkylation sites (tertiary alicyclic amines) is 1. The summed E-state index contributed by atoms with van der Waals surface area (Å²) in [5.41, 5.74) is 0.423. The summed E-state index contributed by atoms with van der Waals surface area (Å²) in [7, 11) is 0. The number of hydrogen-bond donors (Lipinski definition) is 1. The number of benzene rings is 1. The number of carbonyl (C=O) groups excluding carboxylic acids is 3. The highest BCUT2D eigenvalue weighted by atomic mass is 32.1. The quantitative estimate of drug-likeness (QED) is 0.702. The average molecular weight is 418 g/mol. The van der Waals surface area contributed by atoms with Gasteiger partial charge in [-0.3, -0.25) is 14.4 Å². The first-order valence-corrected chi connectivity index (χ1v) is 10.4. The van der Waals surface area contributed by atoms with Gasteiger partial charge in [-0.25, -0.2) is 4.39 Å². The zero-order chi connectivity index (χ0) is 20.6. The zero-order valence-electron chi connectivity index (χ0n) is 15.9. The lowest BCUT2D eigenvalue weighted by atomic mass is 9.96. The molecule has 1 aliphatic rings. The predicted octanol–water partition coefficient (Wildman–Crippen LogP) is 2.64. The molecule has 0 unspecified atom stereocenters. The summed E-state index contributed by atoms with van der Waals surface area (Å²) >= 11 is 1.63. The monoisotopic (exact) mass is 418 g/mol. The van der Waals surface area contributed by atoms with Crippen molar-refractivity contribution in [1.29, 1.82) is 0 Å². The van der Waals surface area contributed by atoms with E-state index < -0.39 is 11.8 Å². The minimum atomic E-state index is -0.410. The van der Waals surface area contributed by atoms with Gasteiger partial charge in [0.2, 0.25) is 0 Å². The van der Waals surface area contributed by atoms with Crippen LogP contribution < -0.4 is 5.32 Å². The average Bonchev–Trinajstić information content (AvgIpc) is 3.26. The van der Waals surface area contributed by atoms with Crippen LogP contribution in [0.15, 0.2) is 41.8 Å². The van der Waals surface area contributed by atoms with E-state index in [0.29, 0.717) is 38.0 Å². The van der Waals surface area contributed by atoms with E-state index >= 15 is 0 Å². The number of carbonyl (C=O) groups is 3. The third kappa shape index (κ3) is 6.12. The van der Waals surface area contributed by atoms with Crippen LogP contribution in [0, 0.1) is 11.7 Å². The second-order valence-corrected chi connectivity index (χ2v) is 7.89. The second kappa shape index (κ2) is 10.2. The summed E-state index contributed by atoms with van der Waals surface area (Å²) in [5, 5.41) is 4.72. The number of nitrogens with zero attached hydrogens (tertiary/aromatic N) is 1. The van der Waals surface area contributed by atoms with Gasteiger partial charge in [-0.05, 0) is 55.0 Å². The van der Waals surface area contributed by atoms with Crippen molar-refractivity contribution in [1.82, 2.24) is 10.2 Å². The molecule has 1 saturated heterocycles. The summed E-state index contributed by atoms with van der Waals surface area (Å²) in [5.74, 6) is -1.63. The second-order valence-electron chi connectivity index (χ2n) is 6.86. The maximum atomic E-state index is 13.0. The molecule has 0 radical (unpaired) electrons. The number of piperidine rings is 1. The molecule has 6 nitrogen and oxygen atoms in total. The molecular formula is C21H23FN2O4S. The lowest BCUT2D eigenvalue weighted by Crippen LogP contribution is -2.41. The van der Waals surface area contributed by atoms with Crippen molar-refractivity contribution < 1.29 is 23.5 Å². The van der Waals surface area contributed by atoms with Gasteiger partial charge in [-0.2, -0.15) is 0 Å². The Bertz CT molecular complexity index is 831. The van der Waals surface area contributed by atoms with Crippen molar-refractivity contribution in [2.45, 2.75) is 19.3 Å². The van der Waals surface area contributed by atoms with Crippen LogP contribution in [0.2, 0.25) is 0 Å². The lowest BCUT2D eigenvalue weighted by molar-refractivity contribution is -0.153. The van der Waals surface area contributed by atoms with Crippen molar-refractivity contribution in [2.24, 2.45) is 5.92 Å². The zero-order valence-corrected chi connectivity index (χ0v) is 16.8. The van der Waals surface area contributed by atoms with Crippen LogP contribution in [0.1, 0.15) is 28.1 Å². The molecule has 2 aromatic rings. The number of amides is 2. The number of esters is 1. The van der Waals surface area contributed by atoms with E-state index in [2.05, 4.69) is 5.32 Å². The fraction of sp³-hybridized carbons (Fsp3) is 0.381. The first kappa shape index (κ1) is 21.0. The van der Waals surface area contributed by atoms with Gasteiger partial charge in [-0.15, -0.1) is 11.3 Å². The number of rotatable bonds is 7. The minimum Gasteiger partial charge on any atom is -0.455 e. The Morgan fingerprint density at radius 3 is 2.52 bits per heavy atom. The van der Waals surface area contributed by atoms with E-state index in [1.165, 1.54) is 29.1 Å². The summed E-state index contributed by atoms with van der Waals surface area (Å²) in [6.07, 6.45) is 1.70. The molecule has 0 atom stereocenters. The largest absolute Gasteiger partial charge is 0.455 e. The van der Waals surface area contributed by atoms with Gasteiger partial charge in [0.25, 0.3) is 11.8 Å². The molecule has 154 valence electrons. The van der Waals surface area contributed by atoms with Gasteiger partial charge in [0.1, 0.15) is 5.82 Å². The molecule has 0 bridgehead atoms. The number of hydrogen-bond acceptors (Lipinski definition) is 5. The van der Waals surface area contributed by atoms with Gasteiger partial charge in [-0.1, -0.05) is 6.07 Å². The molecule has 2 amide bonds. The van der Waals surface area contributed by atoms with Crippen LogP contribution in [0.25, 0.3) is 0 Å². The van der Waals surface area contributed by atoms with Gasteiger partial charge in [0.15, 0.2) is 6.61 Å². The fourth-order valence-corrected chi connectivity index (χ4v) is 3.89.